The molecule has 0 unspecified atom stereocenters. The van der Waals surface area contributed by atoms with E-state index >= 15 is 0 Å². The SMILES string of the molecule is Cc1nc(-c2noc(CF)c2-c2ccc(S(N)(=O)=O)c(F)c2)cs1. The fourth-order valence-corrected chi connectivity index (χ4v) is 3.43. The highest BCUT2D eigenvalue weighted by molar-refractivity contribution is 7.89. The van der Waals surface area contributed by atoms with Crippen molar-refractivity contribution in [1.82, 2.24) is 10.1 Å². The lowest BCUT2D eigenvalue weighted by Crippen LogP contribution is -2.14. The van der Waals surface area contributed by atoms with Gasteiger partial charge in [0.1, 0.15) is 22.1 Å². The number of alkyl halides is 1. The van der Waals surface area contributed by atoms with Gasteiger partial charge >= 0.3 is 0 Å². The van der Waals surface area contributed by atoms with Gasteiger partial charge in [-0.3, -0.25) is 0 Å². The maximum atomic E-state index is 14.1. The molecule has 0 aliphatic heterocycles. The molecule has 3 aromatic rings. The Hall–Kier alpha value is -2.17. The van der Waals surface area contributed by atoms with E-state index in [1.807, 2.05) is 0 Å². The summed E-state index contributed by atoms with van der Waals surface area (Å²) in [4.78, 5) is 3.61. The molecule has 0 aliphatic rings. The smallest absolute Gasteiger partial charge is 0.240 e. The molecule has 24 heavy (non-hydrogen) atoms. The molecule has 3 rings (SSSR count). The minimum atomic E-state index is -4.19. The largest absolute Gasteiger partial charge is 0.357 e. The number of primary sulfonamides is 1. The summed E-state index contributed by atoms with van der Waals surface area (Å²) in [6.07, 6.45) is 0. The minimum Gasteiger partial charge on any atom is -0.357 e. The van der Waals surface area contributed by atoms with Crippen LogP contribution in [0.15, 0.2) is 33.0 Å². The van der Waals surface area contributed by atoms with Gasteiger partial charge in [0.05, 0.1) is 10.6 Å². The van der Waals surface area contributed by atoms with Crippen molar-refractivity contribution >= 4 is 21.4 Å². The predicted molar refractivity (Wildman–Crippen MR) is 83.9 cm³/mol. The van der Waals surface area contributed by atoms with E-state index in [2.05, 4.69) is 10.1 Å². The van der Waals surface area contributed by atoms with Crippen molar-refractivity contribution < 1.29 is 21.7 Å². The first-order chi connectivity index (χ1) is 11.3. The molecule has 2 heterocycles. The summed E-state index contributed by atoms with van der Waals surface area (Å²) in [6.45, 7) is 0.842. The van der Waals surface area contributed by atoms with Crippen LogP contribution >= 0.6 is 11.3 Å². The summed E-state index contributed by atoms with van der Waals surface area (Å²) in [5, 5.41) is 11.2. The first-order valence-electron chi connectivity index (χ1n) is 6.61. The average molecular weight is 371 g/mol. The lowest BCUT2D eigenvalue weighted by molar-refractivity contribution is 0.332. The second kappa shape index (κ2) is 6.04. The number of thiazole rings is 1. The van der Waals surface area contributed by atoms with Crippen molar-refractivity contribution in [3.05, 3.63) is 40.2 Å². The molecular weight excluding hydrogens is 360 g/mol. The molecule has 0 saturated carbocycles. The molecule has 2 aromatic heterocycles. The summed E-state index contributed by atoms with van der Waals surface area (Å²) in [7, 11) is -4.19. The third-order valence-corrected chi connectivity index (χ3v) is 4.99. The van der Waals surface area contributed by atoms with Gasteiger partial charge in [0.2, 0.25) is 10.0 Å². The summed E-state index contributed by atoms with van der Waals surface area (Å²) in [6, 6.07) is 3.29. The van der Waals surface area contributed by atoms with Crippen molar-refractivity contribution in [3.8, 4) is 22.5 Å². The number of aryl methyl sites for hydroxylation is 1. The quantitative estimate of drug-likeness (QED) is 0.760. The minimum absolute atomic E-state index is 0.0987. The molecule has 2 N–H and O–H groups in total. The second-order valence-electron chi connectivity index (χ2n) is 4.90. The zero-order chi connectivity index (χ0) is 17.5. The summed E-state index contributed by atoms with van der Waals surface area (Å²) < 4.78 is 54.9. The molecule has 0 fully saturated rings. The fraction of sp³-hybridized carbons (Fsp3) is 0.143. The molecule has 0 atom stereocenters. The Morgan fingerprint density at radius 3 is 2.67 bits per heavy atom. The van der Waals surface area contributed by atoms with Crippen LogP contribution in [0.3, 0.4) is 0 Å². The number of aromatic nitrogens is 2. The summed E-state index contributed by atoms with van der Waals surface area (Å²) in [5.74, 6) is -1.14. The number of rotatable bonds is 4. The molecular formula is C14H11F2N3O3S2. The van der Waals surface area contributed by atoms with E-state index in [9.17, 15) is 17.2 Å². The van der Waals surface area contributed by atoms with E-state index in [1.165, 1.54) is 17.4 Å². The molecule has 0 aliphatic carbocycles. The Morgan fingerprint density at radius 2 is 2.12 bits per heavy atom. The Morgan fingerprint density at radius 1 is 1.38 bits per heavy atom. The highest BCUT2D eigenvalue weighted by Gasteiger charge is 2.23. The molecule has 0 bridgehead atoms. The highest BCUT2D eigenvalue weighted by Crippen LogP contribution is 2.36. The van der Waals surface area contributed by atoms with Crippen LogP contribution in [0, 0.1) is 12.7 Å². The van der Waals surface area contributed by atoms with Crippen LogP contribution in [0.2, 0.25) is 0 Å². The van der Waals surface area contributed by atoms with Crippen molar-refractivity contribution in [2.45, 2.75) is 18.5 Å². The third-order valence-electron chi connectivity index (χ3n) is 3.27. The van der Waals surface area contributed by atoms with Gasteiger partial charge in [-0.2, -0.15) is 0 Å². The molecule has 0 spiro atoms. The first kappa shape index (κ1) is 16.7. The topological polar surface area (TPSA) is 99.1 Å². The maximum absolute atomic E-state index is 14.1. The number of nitrogens with two attached hydrogens (primary N) is 1. The van der Waals surface area contributed by atoms with Crippen molar-refractivity contribution in [3.63, 3.8) is 0 Å². The Balaban J connectivity index is 2.19. The van der Waals surface area contributed by atoms with Crippen LogP contribution in [0.25, 0.3) is 22.5 Å². The molecule has 126 valence electrons. The zero-order valence-corrected chi connectivity index (χ0v) is 13.9. The van der Waals surface area contributed by atoms with Crippen molar-refractivity contribution in [2.75, 3.05) is 0 Å². The molecule has 10 heteroatoms. The van der Waals surface area contributed by atoms with Gasteiger partial charge in [-0.25, -0.2) is 27.3 Å². The van der Waals surface area contributed by atoms with Crippen LogP contribution in [0.5, 0.6) is 0 Å². The molecule has 0 radical (unpaired) electrons. The molecule has 1 aromatic carbocycles. The third kappa shape index (κ3) is 2.95. The first-order valence-corrected chi connectivity index (χ1v) is 9.03. The lowest BCUT2D eigenvalue weighted by Gasteiger charge is -2.05. The Kier molecular flexibility index (Phi) is 4.20. The van der Waals surface area contributed by atoms with Crippen LogP contribution in [-0.4, -0.2) is 18.6 Å². The number of halogens is 2. The normalized spacial score (nSPS) is 11.8. The van der Waals surface area contributed by atoms with Crippen molar-refractivity contribution in [1.29, 1.82) is 0 Å². The molecule has 6 nitrogen and oxygen atoms in total. The molecule has 0 saturated heterocycles. The number of sulfonamides is 1. The predicted octanol–water partition coefficient (Wildman–Crippen LogP) is 3.03. The van der Waals surface area contributed by atoms with Gasteiger partial charge in [-0.05, 0) is 24.6 Å². The van der Waals surface area contributed by atoms with E-state index in [0.717, 1.165) is 17.1 Å². The number of hydrogen-bond donors (Lipinski definition) is 1. The van der Waals surface area contributed by atoms with Crippen LogP contribution in [-0.2, 0) is 16.7 Å². The molecule has 0 amide bonds. The highest BCUT2D eigenvalue weighted by atomic mass is 32.2. The zero-order valence-electron chi connectivity index (χ0n) is 12.3. The number of nitrogens with zero attached hydrogens (tertiary/aromatic N) is 2. The van der Waals surface area contributed by atoms with Crippen molar-refractivity contribution in [2.24, 2.45) is 5.14 Å². The van der Waals surface area contributed by atoms with Gasteiger partial charge in [-0.1, -0.05) is 11.2 Å². The number of benzene rings is 1. The fourth-order valence-electron chi connectivity index (χ4n) is 2.25. The van der Waals surface area contributed by atoms with E-state index in [4.69, 9.17) is 9.66 Å². The van der Waals surface area contributed by atoms with E-state index < -0.39 is 27.4 Å². The second-order valence-corrected chi connectivity index (χ2v) is 7.50. The summed E-state index contributed by atoms with van der Waals surface area (Å²) in [5.41, 5.74) is 1.17. The number of hydrogen-bond acceptors (Lipinski definition) is 6. The summed E-state index contributed by atoms with van der Waals surface area (Å²) >= 11 is 1.37. The van der Waals surface area contributed by atoms with E-state index in [1.54, 1.807) is 12.3 Å². The van der Waals surface area contributed by atoms with Gasteiger partial charge in [0.25, 0.3) is 0 Å². The van der Waals surface area contributed by atoms with Gasteiger partial charge < -0.3 is 4.52 Å². The monoisotopic (exact) mass is 371 g/mol. The van der Waals surface area contributed by atoms with Gasteiger partial charge in [0.15, 0.2) is 12.4 Å². The standard InChI is InChI=1S/C14H11F2N3O3S2/c1-7-18-10(6-23-7)14-13(11(5-15)22-19-14)8-2-3-12(9(16)4-8)24(17,20)21/h2-4,6H,5H2,1H3,(H2,17,20,21). The van der Waals surface area contributed by atoms with Crippen LogP contribution < -0.4 is 5.14 Å². The average Bonchev–Trinajstić information content (AvgIpc) is 3.11. The van der Waals surface area contributed by atoms with Crippen LogP contribution in [0.4, 0.5) is 8.78 Å². The Bertz CT molecular complexity index is 1010. The Labute approximate surface area is 140 Å². The lowest BCUT2D eigenvalue weighted by atomic mass is 10.0. The van der Waals surface area contributed by atoms with E-state index in [-0.39, 0.29) is 22.6 Å². The van der Waals surface area contributed by atoms with E-state index in [0.29, 0.717) is 5.69 Å². The maximum Gasteiger partial charge on any atom is 0.240 e. The van der Waals surface area contributed by atoms with Crippen LogP contribution in [0.1, 0.15) is 10.8 Å². The van der Waals surface area contributed by atoms with Gasteiger partial charge in [-0.15, -0.1) is 11.3 Å². The van der Waals surface area contributed by atoms with Gasteiger partial charge in [0, 0.05) is 5.38 Å².